The van der Waals surface area contributed by atoms with Crippen molar-refractivity contribution in [1.82, 2.24) is 0 Å². The molecule has 0 atom stereocenters. The first-order chi connectivity index (χ1) is 9.76. The molecule has 1 aromatic rings. The van der Waals surface area contributed by atoms with Gasteiger partial charge in [0, 0.05) is 5.69 Å². The summed E-state index contributed by atoms with van der Waals surface area (Å²) in [5.41, 5.74) is -0.353. The van der Waals surface area contributed by atoms with E-state index >= 15 is 0 Å². The maximum Gasteiger partial charge on any atom is 0.412 e. The Morgan fingerprint density at radius 2 is 2.10 bits per heavy atom. The van der Waals surface area contributed by atoms with E-state index in [1.807, 2.05) is 0 Å². The van der Waals surface area contributed by atoms with Gasteiger partial charge in [-0.2, -0.15) is 5.26 Å². The molecule has 0 aromatic heterocycles. The first-order valence-electron chi connectivity index (χ1n) is 6.97. The summed E-state index contributed by atoms with van der Waals surface area (Å²) in [6.45, 7) is 5.29. The van der Waals surface area contributed by atoms with Crippen LogP contribution in [0.4, 0.5) is 14.9 Å². The monoisotopic (exact) mass is 290 g/mol. The zero-order valence-corrected chi connectivity index (χ0v) is 12.5. The largest absolute Gasteiger partial charge is 0.444 e. The molecule has 4 nitrogen and oxygen atoms in total. The maximum atomic E-state index is 13.5. The number of carbonyl (C=O) groups is 1. The highest BCUT2D eigenvalue weighted by atomic mass is 19.1. The summed E-state index contributed by atoms with van der Waals surface area (Å²) in [6, 6.07) is 6.33. The molecular weight excluding hydrogens is 271 g/mol. The van der Waals surface area contributed by atoms with Crippen LogP contribution in [0, 0.1) is 17.1 Å². The topological polar surface area (TPSA) is 62.1 Å². The van der Waals surface area contributed by atoms with Gasteiger partial charge < -0.3 is 4.74 Å². The third kappa shape index (κ3) is 3.33. The summed E-state index contributed by atoms with van der Waals surface area (Å²) in [7, 11) is 0. The number of halogens is 1. The molecule has 112 valence electrons. The van der Waals surface area contributed by atoms with Gasteiger partial charge in [0.1, 0.15) is 11.4 Å². The van der Waals surface area contributed by atoms with E-state index in [9.17, 15) is 14.4 Å². The molecule has 1 N–H and O–H groups in total. The summed E-state index contributed by atoms with van der Waals surface area (Å²) in [4.78, 5) is 11.9. The minimum absolute atomic E-state index is 0.415. The molecule has 1 saturated carbocycles. The predicted octanol–water partition coefficient (Wildman–Crippen LogP) is 4.12. The van der Waals surface area contributed by atoms with E-state index in [1.54, 1.807) is 20.8 Å². The van der Waals surface area contributed by atoms with E-state index < -0.39 is 22.9 Å². The van der Waals surface area contributed by atoms with E-state index in [2.05, 4.69) is 11.4 Å². The molecule has 2 rings (SSSR count). The smallest absolute Gasteiger partial charge is 0.412 e. The van der Waals surface area contributed by atoms with Crippen LogP contribution in [0.1, 0.15) is 45.6 Å². The number of hydrogen-bond acceptors (Lipinski definition) is 3. The van der Waals surface area contributed by atoms with Gasteiger partial charge in [0.15, 0.2) is 0 Å². The van der Waals surface area contributed by atoms with Gasteiger partial charge in [-0.15, -0.1) is 0 Å². The van der Waals surface area contributed by atoms with Crippen molar-refractivity contribution in [3.8, 4) is 6.07 Å². The minimum atomic E-state index is -0.702. The maximum absolute atomic E-state index is 13.5. The highest BCUT2D eigenvalue weighted by molar-refractivity contribution is 5.86. The fraction of sp³-hybridized carbons (Fsp3) is 0.500. The van der Waals surface area contributed by atoms with Crippen molar-refractivity contribution < 1.29 is 13.9 Å². The van der Waals surface area contributed by atoms with Crippen LogP contribution in [0.25, 0.3) is 0 Å². The number of hydrogen-bond donors (Lipinski definition) is 1. The van der Waals surface area contributed by atoms with Gasteiger partial charge in [0.25, 0.3) is 0 Å². The Morgan fingerprint density at radius 3 is 2.57 bits per heavy atom. The molecule has 0 bridgehead atoms. The van der Waals surface area contributed by atoms with E-state index in [1.165, 1.54) is 18.2 Å². The number of rotatable bonds is 2. The normalized spacial score (nSPS) is 16.5. The van der Waals surface area contributed by atoms with Crippen LogP contribution in [0.2, 0.25) is 0 Å². The summed E-state index contributed by atoms with van der Waals surface area (Å²) in [5.74, 6) is -0.415. The SMILES string of the molecule is CC(C)(C)OC(=O)Nc1ccc(F)cc1C1(C#N)CCC1. The van der Waals surface area contributed by atoms with Crippen molar-refractivity contribution in [2.24, 2.45) is 0 Å². The van der Waals surface area contributed by atoms with Crippen molar-refractivity contribution in [2.45, 2.75) is 51.0 Å². The second-order valence-corrected chi connectivity index (χ2v) is 6.36. The Kier molecular flexibility index (Phi) is 3.91. The number of carbonyl (C=O) groups excluding carboxylic acids is 1. The van der Waals surface area contributed by atoms with Gasteiger partial charge in [-0.1, -0.05) is 0 Å². The highest BCUT2D eigenvalue weighted by Crippen LogP contribution is 2.46. The lowest BCUT2D eigenvalue weighted by Crippen LogP contribution is -2.34. The Bertz CT molecular complexity index is 595. The second-order valence-electron chi connectivity index (χ2n) is 6.36. The summed E-state index contributed by atoms with van der Waals surface area (Å²) in [6.07, 6.45) is 1.67. The number of nitriles is 1. The molecule has 5 heteroatoms. The molecule has 0 aliphatic heterocycles. The molecule has 0 saturated heterocycles. The van der Waals surface area contributed by atoms with E-state index in [-0.39, 0.29) is 0 Å². The lowest BCUT2D eigenvalue weighted by Gasteiger charge is -2.37. The second kappa shape index (κ2) is 5.36. The summed E-state index contributed by atoms with van der Waals surface area (Å²) in [5, 5.41) is 12.0. The number of amides is 1. The van der Waals surface area contributed by atoms with E-state index in [0.717, 1.165) is 6.42 Å². The van der Waals surface area contributed by atoms with Crippen LogP contribution >= 0.6 is 0 Å². The Balaban J connectivity index is 2.28. The molecule has 1 aliphatic rings. The van der Waals surface area contributed by atoms with Crippen LogP contribution < -0.4 is 5.32 Å². The van der Waals surface area contributed by atoms with Crippen molar-refractivity contribution in [3.05, 3.63) is 29.6 Å². The molecule has 1 aliphatic carbocycles. The van der Waals surface area contributed by atoms with Crippen molar-refractivity contribution in [2.75, 3.05) is 5.32 Å². The zero-order valence-electron chi connectivity index (χ0n) is 12.5. The number of benzene rings is 1. The van der Waals surface area contributed by atoms with Crippen LogP contribution in [0.5, 0.6) is 0 Å². The predicted molar refractivity (Wildman–Crippen MR) is 77.4 cm³/mol. The van der Waals surface area contributed by atoms with Crippen molar-refractivity contribution in [1.29, 1.82) is 5.26 Å². The average Bonchev–Trinajstić information content (AvgIpc) is 2.29. The average molecular weight is 290 g/mol. The zero-order chi connectivity index (χ0) is 15.7. The molecule has 1 amide bonds. The van der Waals surface area contributed by atoms with Gasteiger partial charge in [0.2, 0.25) is 0 Å². The molecule has 1 aromatic carbocycles. The number of ether oxygens (including phenoxy) is 1. The first kappa shape index (κ1) is 15.3. The quantitative estimate of drug-likeness (QED) is 0.891. The van der Waals surface area contributed by atoms with Crippen LogP contribution in [-0.4, -0.2) is 11.7 Å². The molecular formula is C16H19FN2O2. The Hall–Kier alpha value is -2.09. The summed E-state index contributed by atoms with van der Waals surface area (Å²) < 4.78 is 18.7. The molecule has 0 unspecified atom stereocenters. The fourth-order valence-electron chi connectivity index (χ4n) is 2.41. The fourth-order valence-corrected chi connectivity index (χ4v) is 2.41. The standard InChI is InChI=1S/C16H19FN2O2/c1-15(2,3)21-14(20)19-13-6-5-11(17)9-12(13)16(10-18)7-4-8-16/h5-6,9H,4,7-8H2,1-3H3,(H,19,20). The number of nitrogens with zero attached hydrogens (tertiary/aromatic N) is 1. The lowest BCUT2D eigenvalue weighted by molar-refractivity contribution is 0.0635. The van der Waals surface area contributed by atoms with Crippen LogP contribution in [-0.2, 0) is 10.2 Å². The highest BCUT2D eigenvalue weighted by Gasteiger charge is 2.41. The van der Waals surface area contributed by atoms with Crippen LogP contribution in [0.3, 0.4) is 0 Å². The van der Waals surface area contributed by atoms with Crippen molar-refractivity contribution in [3.63, 3.8) is 0 Å². The minimum Gasteiger partial charge on any atom is -0.444 e. The molecule has 1 fully saturated rings. The Morgan fingerprint density at radius 1 is 1.43 bits per heavy atom. The molecule has 0 heterocycles. The van der Waals surface area contributed by atoms with Gasteiger partial charge in [-0.3, -0.25) is 5.32 Å². The van der Waals surface area contributed by atoms with Crippen LogP contribution in [0.15, 0.2) is 18.2 Å². The molecule has 0 spiro atoms. The van der Waals surface area contributed by atoms with Gasteiger partial charge in [-0.05, 0) is 63.8 Å². The van der Waals surface area contributed by atoms with E-state index in [0.29, 0.717) is 24.1 Å². The van der Waals surface area contributed by atoms with Gasteiger partial charge in [0.05, 0.1) is 11.5 Å². The Labute approximate surface area is 123 Å². The summed E-state index contributed by atoms with van der Waals surface area (Å²) >= 11 is 0. The van der Waals surface area contributed by atoms with E-state index in [4.69, 9.17) is 4.74 Å². The van der Waals surface area contributed by atoms with Crippen molar-refractivity contribution >= 4 is 11.8 Å². The van der Waals surface area contributed by atoms with Gasteiger partial charge >= 0.3 is 6.09 Å². The van der Waals surface area contributed by atoms with Gasteiger partial charge in [-0.25, -0.2) is 9.18 Å². The molecule has 0 radical (unpaired) electrons. The molecule has 21 heavy (non-hydrogen) atoms. The number of nitrogens with one attached hydrogen (secondary N) is 1. The third-order valence-electron chi connectivity index (χ3n) is 3.55. The lowest BCUT2D eigenvalue weighted by atomic mass is 9.65. The first-order valence-corrected chi connectivity index (χ1v) is 6.97. The number of anilines is 1. The third-order valence-corrected chi connectivity index (χ3v) is 3.55.